The number of H-pyrrole nitrogens is 1. The van der Waals surface area contributed by atoms with E-state index >= 15 is 0 Å². The van der Waals surface area contributed by atoms with Crippen LogP contribution in [-0.2, 0) is 4.79 Å². The summed E-state index contributed by atoms with van der Waals surface area (Å²) in [6, 6.07) is 10.2. The predicted molar refractivity (Wildman–Crippen MR) is 133 cm³/mol. The number of hydrogen-bond acceptors (Lipinski definition) is 6. The number of halogens is 1. The van der Waals surface area contributed by atoms with Gasteiger partial charge in [0.2, 0.25) is 5.91 Å². The number of aromatic amines is 1. The maximum Gasteiger partial charge on any atom is 0.221 e. The highest BCUT2D eigenvalue weighted by Gasteiger charge is 2.31. The van der Waals surface area contributed by atoms with Crippen molar-refractivity contribution in [1.29, 1.82) is 0 Å². The zero-order chi connectivity index (χ0) is 23.4. The van der Waals surface area contributed by atoms with Gasteiger partial charge in [-0.15, -0.1) is 11.3 Å². The number of hydrogen-bond donors (Lipinski definition) is 3. The molecule has 1 saturated heterocycles. The molecule has 1 atom stereocenters. The molecule has 4 N–H and O–H groups in total. The normalized spacial score (nSPS) is 15.4. The lowest BCUT2D eigenvalue weighted by molar-refractivity contribution is -0.118. The lowest BCUT2D eigenvalue weighted by Crippen LogP contribution is -2.40. The molecule has 0 aliphatic carbocycles. The number of nitrogens with two attached hydrogens (primary N) is 1. The van der Waals surface area contributed by atoms with Crippen LogP contribution in [0.25, 0.3) is 16.3 Å². The van der Waals surface area contributed by atoms with E-state index in [4.69, 9.17) is 17.3 Å². The molecule has 1 amide bonds. The number of rotatable bonds is 8. The molecule has 3 heterocycles. The van der Waals surface area contributed by atoms with Crippen LogP contribution in [0.3, 0.4) is 0 Å². The number of allylic oxidation sites excluding steroid dienone is 3. The molecule has 1 fully saturated rings. The van der Waals surface area contributed by atoms with Gasteiger partial charge in [-0.2, -0.15) is 5.10 Å². The van der Waals surface area contributed by atoms with Crippen molar-refractivity contribution in [3.63, 3.8) is 0 Å². The van der Waals surface area contributed by atoms with E-state index in [1.54, 1.807) is 17.4 Å². The number of benzene rings is 1. The van der Waals surface area contributed by atoms with Crippen molar-refractivity contribution in [2.24, 2.45) is 5.73 Å². The molecule has 7 nitrogen and oxygen atoms in total. The van der Waals surface area contributed by atoms with Crippen LogP contribution >= 0.6 is 22.9 Å². The Labute approximate surface area is 201 Å². The molecule has 2 aromatic heterocycles. The van der Waals surface area contributed by atoms with Gasteiger partial charge in [0.25, 0.3) is 0 Å². The Morgan fingerprint density at radius 1 is 1.36 bits per heavy atom. The van der Waals surface area contributed by atoms with E-state index in [0.717, 1.165) is 46.0 Å². The van der Waals surface area contributed by atoms with Crippen LogP contribution < -0.4 is 11.1 Å². The number of nitrogens with one attached hydrogen (secondary N) is 2. The fourth-order valence-corrected chi connectivity index (χ4v) is 5.10. The van der Waals surface area contributed by atoms with E-state index in [1.165, 1.54) is 19.5 Å². The molecule has 0 spiro atoms. The minimum atomic E-state index is -0.179. The highest BCUT2D eigenvalue weighted by atomic mass is 35.5. The van der Waals surface area contributed by atoms with Crippen molar-refractivity contribution in [3.05, 3.63) is 88.3 Å². The van der Waals surface area contributed by atoms with Crippen LogP contribution in [0.4, 0.5) is 0 Å². The summed E-state index contributed by atoms with van der Waals surface area (Å²) in [5, 5.41) is 10.5. The summed E-state index contributed by atoms with van der Waals surface area (Å²) in [7, 11) is 0. The molecular weight excluding hydrogens is 456 g/mol. The molecule has 1 aliphatic rings. The van der Waals surface area contributed by atoms with Crippen LogP contribution in [0.2, 0.25) is 5.02 Å². The second-order valence-corrected chi connectivity index (χ2v) is 9.23. The van der Waals surface area contributed by atoms with Crippen LogP contribution in [0.1, 0.15) is 35.4 Å². The Morgan fingerprint density at radius 3 is 2.70 bits per heavy atom. The Kier molecular flexibility index (Phi) is 7.08. The minimum Gasteiger partial charge on any atom is -0.405 e. The van der Waals surface area contributed by atoms with Crippen molar-refractivity contribution in [1.82, 2.24) is 25.4 Å². The van der Waals surface area contributed by atoms with Gasteiger partial charge in [-0.05, 0) is 59.7 Å². The van der Waals surface area contributed by atoms with Crippen LogP contribution in [0.5, 0.6) is 0 Å². The average molecular weight is 481 g/mol. The first-order valence-electron chi connectivity index (χ1n) is 10.5. The SMILES string of the molecule is C=C(/C=C(\C=C/N)c1cc(C(c2ccc(Cl)cc2)N2CCC2)c(-c2ncn[nH]2)s1)NC(C)=O. The first kappa shape index (κ1) is 23.0. The molecule has 1 aliphatic heterocycles. The third kappa shape index (κ3) is 5.24. The van der Waals surface area contributed by atoms with E-state index in [9.17, 15) is 4.79 Å². The van der Waals surface area contributed by atoms with E-state index in [2.05, 4.69) is 50.2 Å². The van der Waals surface area contributed by atoms with Gasteiger partial charge in [-0.1, -0.05) is 30.3 Å². The van der Waals surface area contributed by atoms with Crippen molar-refractivity contribution in [3.8, 4) is 10.7 Å². The lowest BCUT2D eigenvalue weighted by atomic mass is 9.94. The van der Waals surface area contributed by atoms with E-state index < -0.39 is 0 Å². The van der Waals surface area contributed by atoms with E-state index in [1.807, 2.05) is 18.2 Å². The molecule has 0 radical (unpaired) electrons. The number of amides is 1. The van der Waals surface area contributed by atoms with Gasteiger partial charge in [0.15, 0.2) is 5.82 Å². The van der Waals surface area contributed by atoms with Gasteiger partial charge in [-0.3, -0.25) is 14.8 Å². The predicted octanol–water partition coefficient (Wildman–Crippen LogP) is 4.49. The molecule has 170 valence electrons. The molecule has 1 aromatic carbocycles. The van der Waals surface area contributed by atoms with Gasteiger partial charge in [0, 0.05) is 35.6 Å². The van der Waals surface area contributed by atoms with Gasteiger partial charge < -0.3 is 11.1 Å². The fraction of sp³-hybridized carbons (Fsp3) is 0.208. The Balaban J connectivity index is 1.84. The van der Waals surface area contributed by atoms with E-state index in [0.29, 0.717) is 16.5 Å². The number of likely N-dealkylation sites (tertiary alicyclic amines) is 1. The summed E-state index contributed by atoms with van der Waals surface area (Å²) in [6.45, 7) is 7.41. The molecule has 0 saturated carbocycles. The van der Waals surface area contributed by atoms with Crippen LogP contribution in [-0.4, -0.2) is 39.1 Å². The molecule has 9 heteroatoms. The number of carbonyl (C=O) groups excluding carboxylic acids is 1. The summed E-state index contributed by atoms with van der Waals surface area (Å²) >= 11 is 7.76. The summed E-state index contributed by atoms with van der Waals surface area (Å²) in [5.74, 6) is 0.527. The monoisotopic (exact) mass is 480 g/mol. The molecule has 0 bridgehead atoms. The van der Waals surface area contributed by atoms with Crippen molar-refractivity contribution < 1.29 is 4.79 Å². The average Bonchev–Trinajstić information content (AvgIpc) is 3.40. The summed E-state index contributed by atoms with van der Waals surface area (Å²) in [6.07, 6.45) is 7.76. The third-order valence-electron chi connectivity index (χ3n) is 5.35. The maximum atomic E-state index is 11.5. The number of carbonyl (C=O) groups is 1. The van der Waals surface area contributed by atoms with Crippen LogP contribution in [0.15, 0.2) is 67.3 Å². The molecule has 4 rings (SSSR count). The van der Waals surface area contributed by atoms with Crippen LogP contribution in [0, 0.1) is 0 Å². The highest BCUT2D eigenvalue weighted by molar-refractivity contribution is 7.16. The van der Waals surface area contributed by atoms with Gasteiger partial charge in [0.1, 0.15) is 6.33 Å². The van der Waals surface area contributed by atoms with Gasteiger partial charge in [0.05, 0.1) is 10.9 Å². The number of thiophene rings is 1. The second-order valence-electron chi connectivity index (χ2n) is 7.74. The van der Waals surface area contributed by atoms with E-state index in [-0.39, 0.29) is 11.9 Å². The smallest absolute Gasteiger partial charge is 0.221 e. The zero-order valence-electron chi connectivity index (χ0n) is 18.2. The Bertz CT molecular complexity index is 1190. The first-order chi connectivity index (χ1) is 16.0. The zero-order valence-corrected chi connectivity index (χ0v) is 19.8. The Morgan fingerprint density at radius 2 is 2.12 bits per heavy atom. The third-order valence-corrected chi connectivity index (χ3v) is 6.81. The standard InChI is InChI=1S/C24H25ClN6OS/c1-15(29-16(2)32)12-18(8-9-26)21-13-20(23(33-21)24-27-14-28-30-24)22(31-10-3-11-31)17-4-6-19(25)7-5-17/h4-9,12-14,22H,1,3,10-11,26H2,2H3,(H,29,32)(H,27,28,30)/b9-8-,18-12+. The quantitative estimate of drug-likeness (QED) is 0.412. The molecule has 1 unspecified atom stereocenters. The van der Waals surface area contributed by atoms with Crippen molar-refractivity contribution in [2.45, 2.75) is 19.4 Å². The van der Waals surface area contributed by atoms with Gasteiger partial charge >= 0.3 is 0 Å². The highest BCUT2D eigenvalue weighted by Crippen LogP contribution is 2.43. The van der Waals surface area contributed by atoms with Gasteiger partial charge in [-0.25, -0.2) is 4.98 Å². The molecule has 33 heavy (non-hydrogen) atoms. The summed E-state index contributed by atoms with van der Waals surface area (Å²) < 4.78 is 0. The molecular formula is C24H25ClN6OS. The lowest BCUT2D eigenvalue weighted by Gasteiger charge is -2.39. The summed E-state index contributed by atoms with van der Waals surface area (Å²) in [5.41, 5.74) is 9.35. The van der Waals surface area contributed by atoms with Crippen molar-refractivity contribution >= 4 is 34.4 Å². The number of aromatic nitrogens is 3. The minimum absolute atomic E-state index is 0.0442. The summed E-state index contributed by atoms with van der Waals surface area (Å²) in [4.78, 5) is 20.3. The second kappa shape index (κ2) is 10.2. The Hall–Kier alpha value is -3.20. The van der Waals surface area contributed by atoms with Crippen molar-refractivity contribution in [2.75, 3.05) is 13.1 Å². The fourth-order valence-electron chi connectivity index (χ4n) is 3.84. The number of nitrogens with zero attached hydrogens (tertiary/aromatic N) is 3. The molecule has 3 aromatic rings. The first-order valence-corrected chi connectivity index (χ1v) is 11.7. The maximum absolute atomic E-state index is 11.5. The topological polar surface area (TPSA) is 99.9 Å². The largest absolute Gasteiger partial charge is 0.405 e.